The van der Waals surface area contributed by atoms with Crippen LogP contribution in [0.1, 0.15) is 40.3 Å². The van der Waals surface area contributed by atoms with Crippen LogP contribution in [0, 0.1) is 0 Å². The zero-order chi connectivity index (χ0) is 25.0. The number of rotatable bonds is 8. The molecule has 1 amide bonds. The van der Waals surface area contributed by atoms with E-state index in [1.165, 1.54) is 7.11 Å². The quantitative estimate of drug-likeness (QED) is 0.351. The van der Waals surface area contributed by atoms with E-state index in [0.29, 0.717) is 22.7 Å². The molecule has 0 fully saturated rings. The summed E-state index contributed by atoms with van der Waals surface area (Å²) in [6, 6.07) is 19.8. The van der Waals surface area contributed by atoms with Crippen LogP contribution in [0.15, 0.2) is 66.7 Å². The highest BCUT2D eigenvalue weighted by Gasteiger charge is 2.25. The van der Waals surface area contributed by atoms with Gasteiger partial charge in [-0.15, -0.1) is 0 Å². The topological polar surface area (TPSA) is 103 Å². The molecule has 8 heteroatoms. The number of carbonyl (C=O) groups is 2. The maximum absolute atomic E-state index is 12.7. The van der Waals surface area contributed by atoms with Crippen molar-refractivity contribution in [2.45, 2.75) is 19.3 Å². The van der Waals surface area contributed by atoms with Crippen LogP contribution in [0.5, 0.6) is 11.5 Å². The van der Waals surface area contributed by atoms with E-state index in [4.69, 9.17) is 14.2 Å². The molecule has 3 aromatic carbocycles. The molecule has 0 aliphatic heterocycles. The van der Waals surface area contributed by atoms with Gasteiger partial charge in [0.15, 0.2) is 17.2 Å². The number of anilines is 1. The molecule has 0 atom stereocenters. The summed E-state index contributed by atoms with van der Waals surface area (Å²) in [5, 5.41) is 10.5. The molecule has 0 saturated carbocycles. The number of ether oxygens (including phenoxy) is 3. The van der Waals surface area contributed by atoms with Gasteiger partial charge in [-0.3, -0.25) is 9.89 Å². The first kappa shape index (κ1) is 23.8. The van der Waals surface area contributed by atoms with Crippen molar-refractivity contribution in [3.63, 3.8) is 0 Å². The first-order valence-corrected chi connectivity index (χ1v) is 11.1. The second kappa shape index (κ2) is 9.89. The average Bonchev–Trinajstić information content (AvgIpc) is 3.31. The summed E-state index contributed by atoms with van der Waals surface area (Å²) < 4.78 is 16.1. The lowest BCUT2D eigenvalue weighted by Crippen LogP contribution is -2.26. The van der Waals surface area contributed by atoms with E-state index < -0.39 is 11.4 Å². The number of aromatic amines is 1. The number of para-hydroxylation sites is 1. The predicted molar refractivity (Wildman–Crippen MR) is 133 cm³/mol. The maximum Gasteiger partial charge on any atom is 0.359 e. The molecule has 0 saturated heterocycles. The van der Waals surface area contributed by atoms with Gasteiger partial charge in [-0.2, -0.15) is 5.10 Å². The Labute approximate surface area is 203 Å². The molecule has 35 heavy (non-hydrogen) atoms. The molecule has 0 radical (unpaired) electrons. The summed E-state index contributed by atoms with van der Waals surface area (Å²) in [5.41, 5.74) is 2.65. The summed E-state index contributed by atoms with van der Waals surface area (Å²) in [4.78, 5) is 25.3. The van der Waals surface area contributed by atoms with Crippen LogP contribution in [0.3, 0.4) is 0 Å². The molecule has 4 aromatic rings. The molecule has 0 spiro atoms. The van der Waals surface area contributed by atoms with Gasteiger partial charge < -0.3 is 19.5 Å². The van der Waals surface area contributed by atoms with Gasteiger partial charge in [0, 0.05) is 22.1 Å². The summed E-state index contributed by atoms with van der Waals surface area (Å²) in [6.45, 7) is 4.14. The molecular formula is C27H27N3O5. The molecule has 180 valence electrons. The standard InChI is InChI=1S/C27H27N3O5/c1-27(2,16-35-26(32)24-20-7-5-6-8-21(20)29-30-24)18-10-12-19(13-11-18)28-25(31)17-9-14-22(33-3)23(15-17)34-4/h5-15H,16H2,1-4H3,(H,28,31)(H,29,30). The third-order valence-corrected chi connectivity index (χ3v) is 5.80. The van der Waals surface area contributed by atoms with Crippen molar-refractivity contribution in [3.8, 4) is 11.5 Å². The van der Waals surface area contributed by atoms with Gasteiger partial charge in [0.1, 0.15) is 6.61 Å². The number of fused-ring (bicyclic) bond motifs is 1. The SMILES string of the molecule is COc1ccc(C(=O)Nc2ccc(C(C)(C)COC(=O)c3n[nH]c4ccccc34)cc2)cc1OC. The number of benzene rings is 3. The van der Waals surface area contributed by atoms with Crippen LogP contribution in [0.2, 0.25) is 0 Å². The molecule has 1 aromatic heterocycles. The van der Waals surface area contributed by atoms with Crippen molar-refractivity contribution in [1.29, 1.82) is 0 Å². The van der Waals surface area contributed by atoms with Crippen molar-refractivity contribution in [2.75, 3.05) is 26.1 Å². The molecule has 0 aliphatic rings. The van der Waals surface area contributed by atoms with Crippen LogP contribution in [0.25, 0.3) is 10.9 Å². The Morgan fingerprint density at radius 3 is 2.37 bits per heavy atom. The van der Waals surface area contributed by atoms with Crippen molar-refractivity contribution in [3.05, 3.63) is 83.6 Å². The number of carbonyl (C=O) groups excluding carboxylic acids is 2. The van der Waals surface area contributed by atoms with Gasteiger partial charge in [0.25, 0.3) is 5.91 Å². The van der Waals surface area contributed by atoms with E-state index in [2.05, 4.69) is 15.5 Å². The minimum atomic E-state index is -0.477. The maximum atomic E-state index is 12.7. The molecule has 4 rings (SSSR count). The number of amides is 1. The molecule has 8 nitrogen and oxygen atoms in total. The molecular weight excluding hydrogens is 446 g/mol. The number of hydrogen-bond acceptors (Lipinski definition) is 6. The molecule has 0 unspecified atom stereocenters. The van der Waals surface area contributed by atoms with Crippen molar-refractivity contribution >= 4 is 28.5 Å². The van der Waals surface area contributed by atoms with Crippen LogP contribution in [-0.4, -0.2) is 42.9 Å². The van der Waals surface area contributed by atoms with E-state index >= 15 is 0 Å². The first-order chi connectivity index (χ1) is 16.8. The number of H-pyrrole nitrogens is 1. The Balaban J connectivity index is 1.40. The lowest BCUT2D eigenvalue weighted by Gasteiger charge is -2.25. The third kappa shape index (κ3) is 5.11. The smallest absolute Gasteiger partial charge is 0.359 e. The van der Waals surface area contributed by atoms with Gasteiger partial charge in [0.2, 0.25) is 0 Å². The normalized spacial score (nSPS) is 11.2. The highest BCUT2D eigenvalue weighted by molar-refractivity contribution is 6.04. The fourth-order valence-electron chi connectivity index (χ4n) is 3.70. The number of methoxy groups -OCH3 is 2. The molecule has 0 aliphatic carbocycles. The van der Waals surface area contributed by atoms with E-state index in [9.17, 15) is 9.59 Å². The minimum absolute atomic E-state index is 0.171. The number of hydrogen-bond donors (Lipinski definition) is 2. The van der Waals surface area contributed by atoms with Crippen molar-refractivity contribution in [2.24, 2.45) is 0 Å². The summed E-state index contributed by atoms with van der Waals surface area (Å²) in [7, 11) is 3.06. The zero-order valence-corrected chi connectivity index (χ0v) is 20.0. The first-order valence-electron chi connectivity index (χ1n) is 11.1. The van der Waals surface area contributed by atoms with Crippen LogP contribution < -0.4 is 14.8 Å². The third-order valence-electron chi connectivity index (χ3n) is 5.80. The molecule has 2 N–H and O–H groups in total. The Morgan fingerprint density at radius 1 is 0.943 bits per heavy atom. The van der Waals surface area contributed by atoms with Gasteiger partial charge >= 0.3 is 5.97 Å². The predicted octanol–water partition coefficient (Wildman–Crippen LogP) is 4.97. The number of aromatic nitrogens is 2. The van der Waals surface area contributed by atoms with E-state index in [1.807, 2.05) is 62.4 Å². The van der Waals surface area contributed by atoms with E-state index in [1.54, 1.807) is 25.3 Å². The summed E-state index contributed by atoms with van der Waals surface area (Å²) in [6.07, 6.45) is 0. The van der Waals surface area contributed by atoms with Crippen molar-refractivity contribution < 1.29 is 23.8 Å². The summed E-state index contributed by atoms with van der Waals surface area (Å²) >= 11 is 0. The van der Waals surface area contributed by atoms with Gasteiger partial charge in [-0.05, 0) is 42.0 Å². The Kier molecular flexibility index (Phi) is 6.73. The van der Waals surface area contributed by atoms with Crippen LogP contribution in [0.4, 0.5) is 5.69 Å². The molecule has 1 heterocycles. The summed E-state index contributed by atoms with van der Waals surface area (Å²) in [5.74, 6) is 0.291. The van der Waals surface area contributed by atoms with E-state index in [-0.39, 0.29) is 18.2 Å². The Hall–Kier alpha value is -4.33. The second-order valence-electron chi connectivity index (χ2n) is 8.68. The second-order valence-corrected chi connectivity index (χ2v) is 8.68. The average molecular weight is 474 g/mol. The Morgan fingerprint density at radius 2 is 1.66 bits per heavy atom. The van der Waals surface area contributed by atoms with Crippen LogP contribution >= 0.6 is 0 Å². The number of esters is 1. The largest absolute Gasteiger partial charge is 0.493 e. The number of nitrogens with one attached hydrogen (secondary N) is 2. The number of nitrogens with zero attached hydrogens (tertiary/aromatic N) is 1. The molecule has 0 bridgehead atoms. The van der Waals surface area contributed by atoms with Crippen molar-refractivity contribution in [1.82, 2.24) is 10.2 Å². The lowest BCUT2D eigenvalue weighted by molar-refractivity contribution is 0.0422. The lowest BCUT2D eigenvalue weighted by atomic mass is 9.85. The van der Waals surface area contributed by atoms with Gasteiger partial charge in [-0.1, -0.05) is 44.2 Å². The monoisotopic (exact) mass is 473 g/mol. The van der Waals surface area contributed by atoms with Gasteiger partial charge in [0.05, 0.1) is 19.7 Å². The zero-order valence-electron chi connectivity index (χ0n) is 20.0. The highest BCUT2D eigenvalue weighted by atomic mass is 16.5. The fraction of sp³-hybridized carbons (Fsp3) is 0.222. The van der Waals surface area contributed by atoms with E-state index in [0.717, 1.165) is 16.5 Å². The Bertz CT molecular complexity index is 1360. The minimum Gasteiger partial charge on any atom is -0.493 e. The van der Waals surface area contributed by atoms with Crippen LogP contribution in [-0.2, 0) is 10.2 Å². The highest BCUT2D eigenvalue weighted by Crippen LogP contribution is 2.29. The fourth-order valence-corrected chi connectivity index (χ4v) is 3.70. The van der Waals surface area contributed by atoms with Gasteiger partial charge in [-0.25, -0.2) is 4.79 Å².